The van der Waals surface area contributed by atoms with E-state index in [9.17, 15) is 9.59 Å². The number of anilines is 2. The van der Waals surface area contributed by atoms with Crippen LogP contribution >= 0.6 is 11.3 Å². The highest BCUT2D eigenvalue weighted by Crippen LogP contribution is 2.26. The first kappa shape index (κ1) is 24.1. The van der Waals surface area contributed by atoms with Crippen LogP contribution in [0.5, 0.6) is 0 Å². The molecule has 0 unspecified atom stereocenters. The molecular formula is C28H25N5O3S. The van der Waals surface area contributed by atoms with E-state index in [1.807, 2.05) is 73.0 Å². The van der Waals surface area contributed by atoms with Crippen molar-refractivity contribution in [3.05, 3.63) is 99.8 Å². The Labute approximate surface area is 217 Å². The number of aromatic amines is 1. The van der Waals surface area contributed by atoms with Crippen molar-refractivity contribution in [2.45, 2.75) is 19.9 Å². The number of urea groups is 1. The topological polar surface area (TPSA) is 112 Å². The second-order valence-corrected chi connectivity index (χ2v) is 9.50. The maximum absolute atomic E-state index is 12.5. The molecule has 2 aromatic carbocycles. The quantitative estimate of drug-likeness (QED) is 0.199. The molecule has 3 amide bonds. The van der Waals surface area contributed by atoms with Gasteiger partial charge in [-0.15, -0.1) is 11.3 Å². The number of aryl methyl sites for hydroxylation is 1. The largest absolute Gasteiger partial charge is 0.467 e. The van der Waals surface area contributed by atoms with Gasteiger partial charge in [0.25, 0.3) is 0 Å². The molecular weight excluding hydrogens is 486 g/mol. The van der Waals surface area contributed by atoms with Gasteiger partial charge in [0, 0.05) is 21.6 Å². The fraction of sp³-hybridized carbons (Fsp3) is 0.107. The number of H-pyrrole nitrogens is 1. The molecule has 0 aliphatic carbocycles. The molecule has 3 heterocycles. The zero-order valence-corrected chi connectivity index (χ0v) is 20.9. The SMILES string of the molecule is Cc1cc2[nH]nc(C=Cc3cccc(NC(=O)NCc4ccco4)c3)c2cc1NC(=O)Cc1cccs1. The molecule has 3 aromatic heterocycles. The van der Waals surface area contributed by atoms with Crippen molar-refractivity contribution in [3.63, 3.8) is 0 Å². The minimum absolute atomic E-state index is 0.0528. The van der Waals surface area contributed by atoms with Gasteiger partial charge in [0.2, 0.25) is 5.91 Å². The molecule has 4 N–H and O–H groups in total. The third-order valence-electron chi connectivity index (χ3n) is 5.71. The zero-order valence-electron chi connectivity index (χ0n) is 20.1. The summed E-state index contributed by atoms with van der Waals surface area (Å²) < 4.78 is 5.22. The first-order valence-electron chi connectivity index (χ1n) is 11.7. The fourth-order valence-corrected chi connectivity index (χ4v) is 4.58. The number of thiophene rings is 1. The Kier molecular flexibility index (Phi) is 7.14. The summed E-state index contributed by atoms with van der Waals surface area (Å²) in [6.45, 7) is 2.26. The number of carbonyl (C=O) groups is 2. The molecule has 0 fully saturated rings. The van der Waals surface area contributed by atoms with E-state index in [2.05, 4.69) is 26.1 Å². The van der Waals surface area contributed by atoms with E-state index in [4.69, 9.17) is 4.42 Å². The molecule has 0 aliphatic heterocycles. The number of rotatable bonds is 8. The van der Waals surface area contributed by atoms with Gasteiger partial charge in [-0.05, 0) is 72.0 Å². The van der Waals surface area contributed by atoms with Crippen molar-refractivity contribution >= 4 is 57.7 Å². The Morgan fingerprint density at radius 3 is 2.78 bits per heavy atom. The molecule has 37 heavy (non-hydrogen) atoms. The Balaban J connectivity index is 1.27. The number of hydrogen-bond donors (Lipinski definition) is 4. The summed E-state index contributed by atoms with van der Waals surface area (Å²) in [7, 11) is 0. The van der Waals surface area contributed by atoms with E-state index < -0.39 is 0 Å². The van der Waals surface area contributed by atoms with Crippen molar-refractivity contribution in [2.24, 2.45) is 0 Å². The van der Waals surface area contributed by atoms with E-state index in [-0.39, 0.29) is 11.9 Å². The number of hydrogen-bond acceptors (Lipinski definition) is 5. The van der Waals surface area contributed by atoms with Gasteiger partial charge in [-0.3, -0.25) is 9.89 Å². The second kappa shape index (κ2) is 11.0. The minimum Gasteiger partial charge on any atom is -0.467 e. The average Bonchev–Trinajstić information content (AvgIpc) is 3.65. The normalized spacial score (nSPS) is 11.2. The van der Waals surface area contributed by atoms with Gasteiger partial charge in [0.05, 0.1) is 30.4 Å². The molecule has 186 valence electrons. The zero-order chi connectivity index (χ0) is 25.6. The Morgan fingerprint density at radius 2 is 1.97 bits per heavy atom. The number of nitrogens with zero attached hydrogens (tertiary/aromatic N) is 1. The molecule has 0 spiro atoms. The van der Waals surface area contributed by atoms with Crippen molar-refractivity contribution in [1.29, 1.82) is 0 Å². The number of benzene rings is 2. The van der Waals surface area contributed by atoms with Crippen LogP contribution < -0.4 is 16.0 Å². The van der Waals surface area contributed by atoms with E-state index in [1.54, 1.807) is 29.7 Å². The summed E-state index contributed by atoms with van der Waals surface area (Å²) in [5.41, 5.74) is 4.91. The molecule has 0 atom stereocenters. The van der Waals surface area contributed by atoms with E-state index in [1.165, 1.54) is 0 Å². The van der Waals surface area contributed by atoms with Gasteiger partial charge in [-0.1, -0.05) is 24.3 Å². The van der Waals surface area contributed by atoms with E-state index in [0.29, 0.717) is 24.4 Å². The van der Waals surface area contributed by atoms with Gasteiger partial charge in [0.15, 0.2) is 0 Å². The number of fused-ring (bicyclic) bond motifs is 1. The van der Waals surface area contributed by atoms with Gasteiger partial charge in [-0.2, -0.15) is 5.10 Å². The van der Waals surface area contributed by atoms with E-state index in [0.717, 1.165) is 38.3 Å². The van der Waals surface area contributed by atoms with Gasteiger partial charge >= 0.3 is 6.03 Å². The third-order valence-corrected chi connectivity index (χ3v) is 6.58. The highest BCUT2D eigenvalue weighted by atomic mass is 32.1. The standard InChI is InChI=1S/C28H25N5O3S/c1-18-13-26-23(16-25(18)31-27(34)15-22-8-4-12-37-22)24(32-33-26)10-9-19-5-2-6-20(14-19)30-28(35)29-17-21-7-3-11-36-21/h2-14,16H,15,17H2,1H3,(H,31,34)(H,32,33)(H2,29,30,35). The van der Waals surface area contributed by atoms with Crippen molar-refractivity contribution < 1.29 is 14.0 Å². The lowest BCUT2D eigenvalue weighted by Crippen LogP contribution is -2.27. The lowest BCUT2D eigenvalue weighted by atomic mass is 10.1. The van der Waals surface area contributed by atoms with Crippen LogP contribution in [0, 0.1) is 6.92 Å². The predicted octanol–water partition coefficient (Wildman–Crippen LogP) is 6.20. The Morgan fingerprint density at radius 1 is 1.05 bits per heavy atom. The van der Waals surface area contributed by atoms with Crippen LogP contribution in [-0.2, 0) is 17.8 Å². The van der Waals surface area contributed by atoms with Crippen molar-refractivity contribution in [2.75, 3.05) is 10.6 Å². The molecule has 0 bridgehead atoms. The predicted molar refractivity (Wildman–Crippen MR) is 147 cm³/mol. The van der Waals surface area contributed by atoms with Crippen LogP contribution in [0.2, 0.25) is 0 Å². The summed E-state index contributed by atoms with van der Waals surface area (Å²) in [5, 5.41) is 19.0. The maximum Gasteiger partial charge on any atom is 0.319 e. The molecule has 0 saturated heterocycles. The lowest BCUT2D eigenvalue weighted by molar-refractivity contribution is -0.115. The maximum atomic E-state index is 12.5. The molecule has 0 aliphatic rings. The average molecular weight is 512 g/mol. The number of amides is 3. The molecule has 9 heteroatoms. The third kappa shape index (κ3) is 6.14. The van der Waals surface area contributed by atoms with Crippen LogP contribution in [0.1, 0.15) is 27.5 Å². The minimum atomic E-state index is -0.320. The van der Waals surface area contributed by atoms with E-state index >= 15 is 0 Å². The Hall–Kier alpha value is -4.63. The molecule has 8 nitrogen and oxygen atoms in total. The number of aromatic nitrogens is 2. The molecule has 0 saturated carbocycles. The number of carbonyl (C=O) groups excluding carboxylic acids is 2. The summed E-state index contributed by atoms with van der Waals surface area (Å²) >= 11 is 1.57. The van der Waals surface area contributed by atoms with Gasteiger partial charge in [0.1, 0.15) is 5.76 Å². The summed E-state index contributed by atoms with van der Waals surface area (Å²) in [5.74, 6) is 0.626. The molecule has 5 rings (SSSR count). The number of furan rings is 1. The van der Waals surface area contributed by atoms with Crippen LogP contribution in [0.25, 0.3) is 23.1 Å². The summed E-state index contributed by atoms with van der Waals surface area (Å²) in [6.07, 6.45) is 5.74. The van der Waals surface area contributed by atoms with Crippen LogP contribution in [0.4, 0.5) is 16.2 Å². The van der Waals surface area contributed by atoms with Crippen molar-refractivity contribution in [1.82, 2.24) is 15.5 Å². The fourth-order valence-electron chi connectivity index (χ4n) is 3.87. The molecule has 0 radical (unpaired) electrons. The number of nitrogens with one attached hydrogen (secondary N) is 4. The second-order valence-electron chi connectivity index (χ2n) is 8.47. The smallest absolute Gasteiger partial charge is 0.319 e. The summed E-state index contributed by atoms with van der Waals surface area (Å²) in [4.78, 5) is 25.8. The molecule has 5 aromatic rings. The lowest BCUT2D eigenvalue weighted by Gasteiger charge is -2.08. The first-order chi connectivity index (χ1) is 18.0. The highest BCUT2D eigenvalue weighted by molar-refractivity contribution is 7.10. The summed E-state index contributed by atoms with van der Waals surface area (Å²) in [6, 6.07) is 18.6. The van der Waals surface area contributed by atoms with Crippen LogP contribution in [-0.4, -0.2) is 22.1 Å². The van der Waals surface area contributed by atoms with Gasteiger partial charge < -0.3 is 20.4 Å². The van der Waals surface area contributed by atoms with Crippen molar-refractivity contribution in [3.8, 4) is 0 Å². The van der Waals surface area contributed by atoms with Crippen LogP contribution in [0.3, 0.4) is 0 Å². The first-order valence-corrected chi connectivity index (χ1v) is 12.6. The van der Waals surface area contributed by atoms with Crippen LogP contribution in [0.15, 0.2) is 76.7 Å². The van der Waals surface area contributed by atoms with Gasteiger partial charge in [-0.25, -0.2) is 4.79 Å². The highest BCUT2D eigenvalue weighted by Gasteiger charge is 2.11. The Bertz CT molecular complexity index is 1550. The monoisotopic (exact) mass is 511 g/mol.